The summed E-state index contributed by atoms with van der Waals surface area (Å²) in [4.78, 5) is 10.3. The van der Waals surface area contributed by atoms with E-state index in [1.807, 2.05) is 0 Å². The average molecular weight is 168 g/mol. The van der Waals surface area contributed by atoms with Gasteiger partial charge in [-0.1, -0.05) is 0 Å². The van der Waals surface area contributed by atoms with E-state index < -0.39 is 18.1 Å². The summed E-state index contributed by atoms with van der Waals surface area (Å²) in [6.45, 7) is 2.77. The van der Waals surface area contributed by atoms with Crippen molar-refractivity contribution in [1.82, 2.24) is 5.43 Å². The first-order valence-electron chi connectivity index (χ1n) is 2.97. The fraction of sp³-hybridized carbons (Fsp3) is 0.800. The van der Waals surface area contributed by atoms with Crippen LogP contribution in [0.4, 0.5) is 8.78 Å². The van der Waals surface area contributed by atoms with Crippen molar-refractivity contribution in [2.75, 3.05) is 0 Å². The van der Waals surface area contributed by atoms with Crippen molar-refractivity contribution in [1.29, 1.82) is 0 Å². The predicted octanol–water partition coefficient (Wildman–Crippen LogP) is -0.00590. The summed E-state index contributed by atoms with van der Waals surface area (Å²) < 4.78 is 28.7. The lowest BCUT2D eigenvalue weighted by atomic mass is 10.4. The highest BCUT2D eigenvalue weighted by molar-refractivity contribution is 5.81. The lowest BCUT2D eigenvalue weighted by Gasteiger charge is -2.16. The van der Waals surface area contributed by atoms with Crippen molar-refractivity contribution in [2.45, 2.75) is 26.1 Å². The SMILES string of the molecule is CC(C)OC(F)(F)C(=O)NN. The van der Waals surface area contributed by atoms with E-state index in [1.165, 1.54) is 19.3 Å². The highest BCUT2D eigenvalue weighted by Crippen LogP contribution is 2.16. The summed E-state index contributed by atoms with van der Waals surface area (Å²) in [6, 6.07) is 0. The van der Waals surface area contributed by atoms with E-state index >= 15 is 0 Å². The standard InChI is InChI=1S/C5H10F2N2O2/c1-3(2)11-5(6,7)4(10)9-8/h3H,8H2,1-2H3,(H,9,10). The quantitative estimate of drug-likeness (QED) is 0.354. The molecule has 6 heteroatoms. The number of halogens is 2. The van der Waals surface area contributed by atoms with Gasteiger partial charge in [0.25, 0.3) is 0 Å². The summed E-state index contributed by atoms with van der Waals surface area (Å²) in [5.41, 5.74) is 1.30. The van der Waals surface area contributed by atoms with Crippen LogP contribution >= 0.6 is 0 Å². The Labute approximate surface area is 62.7 Å². The summed E-state index contributed by atoms with van der Waals surface area (Å²) in [5.74, 6) is 2.83. The van der Waals surface area contributed by atoms with Crippen LogP contribution in [0.2, 0.25) is 0 Å². The number of carbonyl (C=O) groups excluding carboxylic acids is 1. The third-order valence-electron chi connectivity index (χ3n) is 0.779. The maximum Gasteiger partial charge on any atom is 0.438 e. The molecule has 11 heavy (non-hydrogen) atoms. The lowest BCUT2D eigenvalue weighted by Crippen LogP contribution is -2.46. The van der Waals surface area contributed by atoms with E-state index in [9.17, 15) is 13.6 Å². The van der Waals surface area contributed by atoms with Crippen LogP contribution in [0.1, 0.15) is 13.8 Å². The molecule has 0 spiro atoms. The molecule has 0 aliphatic carbocycles. The Morgan fingerprint density at radius 1 is 1.64 bits per heavy atom. The van der Waals surface area contributed by atoms with Crippen molar-refractivity contribution in [3.8, 4) is 0 Å². The second-order valence-electron chi connectivity index (χ2n) is 2.16. The number of carbonyl (C=O) groups is 1. The molecule has 0 atom stereocenters. The fourth-order valence-corrected chi connectivity index (χ4v) is 0.434. The van der Waals surface area contributed by atoms with E-state index in [4.69, 9.17) is 0 Å². The van der Waals surface area contributed by atoms with Gasteiger partial charge < -0.3 is 4.74 Å². The van der Waals surface area contributed by atoms with Gasteiger partial charge in [0.05, 0.1) is 6.10 Å². The van der Waals surface area contributed by atoms with Crippen molar-refractivity contribution < 1.29 is 18.3 Å². The zero-order valence-electron chi connectivity index (χ0n) is 6.23. The number of hydrogen-bond acceptors (Lipinski definition) is 3. The smallest absolute Gasteiger partial charge is 0.310 e. The highest BCUT2D eigenvalue weighted by atomic mass is 19.3. The molecule has 4 nitrogen and oxygen atoms in total. The van der Waals surface area contributed by atoms with Crippen molar-refractivity contribution in [2.24, 2.45) is 5.84 Å². The first-order chi connectivity index (χ1) is 4.90. The molecule has 0 heterocycles. The van der Waals surface area contributed by atoms with Gasteiger partial charge >= 0.3 is 12.0 Å². The van der Waals surface area contributed by atoms with Crippen LogP contribution in [-0.4, -0.2) is 18.1 Å². The Morgan fingerprint density at radius 2 is 2.09 bits per heavy atom. The van der Waals surface area contributed by atoms with Crippen LogP contribution in [0, 0.1) is 0 Å². The molecule has 0 aliphatic heterocycles. The molecule has 0 aromatic heterocycles. The van der Waals surface area contributed by atoms with Gasteiger partial charge in [-0.2, -0.15) is 8.78 Å². The maximum absolute atomic E-state index is 12.4. The summed E-state index contributed by atoms with van der Waals surface area (Å²) >= 11 is 0. The Kier molecular flexibility index (Phi) is 3.34. The maximum atomic E-state index is 12.4. The molecule has 1 amide bonds. The number of hydrazine groups is 1. The van der Waals surface area contributed by atoms with Gasteiger partial charge in [0.2, 0.25) is 0 Å². The molecule has 0 aromatic carbocycles. The molecule has 0 saturated carbocycles. The third-order valence-corrected chi connectivity index (χ3v) is 0.779. The number of rotatable bonds is 3. The highest BCUT2D eigenvalue weighted by Gasteiger charge is 2.40. The molecule has 3 N–H and O–H groups in total. The normalized spacial score (nSPS) is 11.8. The zero-order chi connectivity index (χ0) is 9.07. The van der Waals surface area contributed by atoms with Gasteiger partial charge in [0, 0.05) is 0 Å². The van der Waals surface area contributed by atoms with Crippen LogP contribution in [0.15, 0.2) is 0 Å². The predicted molar refractivity (Wildman–Crippen MR) is 33.5 cm³/mol. The average Bonchev–Trinajstić information content (AvgIpc) is 1.83. The molecular weight excluding hydrogens is 158 g/mol. The zero-order valence-corrected chi connectivity index (χ0v) is 6.23. The second-order valence-corrected chi connectivity index (χ2v) is 2.16. The minimum absolute atomic E-state index is 0.734. The van der Waals surface area contributed by atoms with Gasteiger partial charge in [-0.25, -0.2) is 5.84 Å². The molecule has 0 saturated heterocycles. The monoisotopic (exact) mass is 168 g/mol. The van der Waals surface area contributed by atoms with Crippen LogP contribution in [0.25, 0.3) is 0 Å². The third kappa shape index (κ3) is 3.24. The molecule has 0 aromatic rings. The minimum Gasteiger partial charge on any atom is -0.310 e. The fourth-order valence-electron chi connectivity index (χ4n) is 0.434. The Hall–Kier alpha value is -0.750. The van der Waals surface area contributed by atoms with E-state index in [0.717, 1.165) is 0 Å². The van der Waals surface area contributed by atoms with Gasteiger partial charge in [0.15, 0.2) is 0 Å². The van der Waals surface area contributed by atoms with E-state index in [2.05, 4.69) is 10.6 Å². The molecule has 0 unspecified atom stereocenters. The summed E-state index contributed by atoms with van der Waals surface area (Å²) in [7, 11) is 0. The van der Waals surface area contributed by atoms with Crippen LogP contribution < -0.4 is 11.3 Å². The van der Waals surface area contributed by atoms with E-state index in [1.54, 1.807) is 0 Å². The molecule has 0 bridgehead atoms. The first kappa shape index (κ1) is 10.2. The first-order valence-corrected chi connectivity index (χ1v) is 2.97. The van der Waals surface area contributed by atoms with Crippen molar-refractivity contribution in [3.05, 3.63) is 0 Å². The van der Waals surface area contributed by atoms with Crippen LogP contribution in [0.3, 0.4) is 0 Å². The lowest BCUT2D eigenvalue weighted by molar-refractivity contribution is -0.244. The summed E-state index contributed by atoms with van der Waals surface area (Å²) in [6.07, 6.45) is -4.58. The number of ether oxygens (including phenoxy) is 1. The number of alkyl halides is 2. The Morgan fingerprint density at radius 3 is 2.36 bits per heavy atom. The van der Waals surface area contributed by atoms with Gasteiger partial charge in [-0.15, -0.1) is 0 Å². The van der Waals surface area contributed by atoms with Crippen LogP contribution in [-0.2, 0) is 9.53 Å². The topological polar surface area (TPSA) is 64.3 Å². The molecule has 0 aliphatic rings. The van der Waals surface area contributed by atoms with Gasteiger partial charge in [0.1, 0.15) is 0 Å². The largest absolute Gasteiger partial charge is 0.438 e. The molecule has 66 valence electrons. The summed E-state index contributed by atoms with van der Waals surface area (Å²) in [5, 5.41) is 0. The van der Waals surface area contributed by atoms with Crippen molar-refractivity contribution in [3.63, 3.8) is 0 Å². The number of amides is 1. The van der Waals surface area contributed by atoms with Crippen LogP contribution in [0.5, 0.6) is 0 Å². The number of hydrogen-bond donors (Lipinski definition) is 2. The second kappa shape index (κ2) is 3.59. The molecule has 0 radical (unpaired) electrons. The molecular formula is C5H10F2N2O2. The van der Waals surface area contributed by atoms with E-state index in [0.29, 0.717) is 0 Å². The Bertz CT molecular complexity index is 149. The minimum atomic E-state index is -3.84. The number of nitrogens with one attached hydrogen (secondary N) is 1. The van der Waals surface area contributed by atoms with E-state index in [-0.39, 0.29) is 0 Å². The molecule has 0 rings (SSSR count). The number of nitrogens with two attached hydrogens (primary N) is 1. The molecule has 0 fully saturated rings. The van der Waals surface area contributed by atoms with Gasteiger partial charge in [-0.3, -0.25) is 10.2 Å². The van der Waals surface area contributed by atoms with Gasteiger partial charge in [-0.05, 0) is 13.8 Å². The van der Waals surface area contributed by atoms with Crippen molar-refractivity contribution >= 4 is 5.91 Å². The Balaban J connectivity index is 4.09.